The lowest BCUT2D eigenvalue weighted by atomic mass is 9.74. The molecule has 4 heteroatoms. The maximum atomic E-state index is 9.79. The van der Waals surface area contributed by atoms with Gasteiger partial charge in [-0.1, -0.05) is 262 Å². The fourth-order valence-corrected chi connectivity index (χ4v) is 23.8. The zero-order valence-electron chi connectivity index (χ0n) is 79.5. The number of fused-ring (bicyclic) bond motifs is 11. The smallest absolute Gasteiger partial charge is 0.201 e. The van der Waals surface area contributed by atoms with Crippen LogP contribution in [0.5, 0.6) is 0 Å². The number of aryl methyl sites for hydroxylation is 7. The topological polar surface area (TPSA) is 11.6 Å². The van der Waals surface area contributed by atoms with Crippen LogP contribution in [0.2, 0.25) is 0 Å². The van der Waals surface area contributed by atoms with Gasteiger partial charge in [0.05, 0.1) is 0 Å². The molecule has 8 aliphatic carbocycles. The summed E-state index contributed by atoms with van der Waals surface area (Å²) in [5.74, 6) is -2.87. The van der Waals surface area contributed by atoms with E-state index in [1.165, 1.54) is 190 Å². The summed E-state index contributed by atoms with van der Waals surface area (Å²) in [5, 5.41) is 2.67. The van der Waals surface area contributed by atoms with E-state index in [-0.39, 0.29) is 5.41 Å². The molecule has 1 atom stereocenters. The number of nitrogens with zero attached hydrogens (tertiary/aromatic N) is 3. The monoisotopic (exact) mass is 1580 g/mol. The van der Waals surface area contributed by atoms with Crippen LogP contribution in [0.3, 0.4) is 0 Å². The number of thiophene rings is 1. The summed E-state index contributed by atoms with van der Waals surface area (Å²) in [7, 11) is 6.38. The summed E-state index contributed by atoms with van der Waals surface area (Å²) >= 11 is 1.88. The van der Waals surface area contributed by atoms with Crippen LogP contribution in [-0.4, -0.2) is 0 Å². The fourth-order valence-electron chi connectivity index (χ4n) is 22.5. The third-order valence-corrected chi connectivity index (χ3v) is 30.2. The SMILES string of the molecule is [2H]C1(c2c[n+](C)c(-c3ccccc3C)cc2-c2ccc3c(c2)sc2cc(C)ccc23)CCCCC1.[2H]C1(c2ccc3c(c2)C(C)(C([2H])([2H])[2H])c2cc(-c4cc(-c5ccccc5C)[n+](C)cc4C4([2H])CCCCC4)ccc2-3)CCCCC1.[2H]C1(c2ccc3c(c2)C2(CCCC2)c2cc(-c4cc(-c5ccccc5C)[n+](C)cc4C4([2H])CCCCC4)ccc2-3)CCCCC1. The van der Waals surface area contributed by atoms with Crippen LogP contribution < -0.4 is 13.7 Å². The molecule has 118 heavy (non-hydrogen) atoms. The molecule has 600 valence electrons. The zero-order valence-corrected chi connectivity index (χ0v) is 72.4. The van der Waals surface area contributed by atoms with Crippen molar-refractivity contribution in [2.45, 2.75) is 268 Å². The molecule has 0 bridgehead atoms. The van der Waals surface area contributed by atoms with Gasteiger partial charge in [-0.15, -0.1) is 11.3 Å². The number of benzene rings is 9. The highest BCUT2D eigenvalue weighted by Crippen LogP contribution is 2.59. The lowest BCUT2D eigenvalue weighted by Crippen LogP contribution is -2.32. The van der Waals surface area contributed by atoms with E-state index >= 15 is 0 Å². The quantitative estimate of drug-likeness (QED) is 0.114. The zero-order chi connectivity index (χ0) is 87.5. The molecule has 21 rings (SSSR count). The van der Waals surface area contributed by atoms with Crippen LogP contribution in [0, 0.1) is 27.7 Å². The minimum atomic E-state index is -2.29. The van der Waals surface area contributed by atoms with Gasteiger partial charge in [-0.25, -0.2) is 13.7 Å². The number of pyridine rings is 3. The van der Waals surface area contributed by atoms with Crippen molar-refractivity contribution in [3.05, 3.63) is 291 Å². The molecule has 3 nitrogen and oxygen atoms in total. The minimum Gasteiger partial charge on any atom is -0.201 e. The fraction of sp³-hybridized carbons (Fsp3) is 0.395. The standard InChI is InChI=1S/C42H48N.C40H46N.C32H32NS/c1-29-13-9-10-18-34(29)41-27-37(38(28-43(41)2)31-16-7-4-8-17-31)33-20-22-36-35-21-19-32(30-14-5-3-6-15-30)25-39(35)42(40(36)26-33)23-11-12-24-42;1-27-13-11-12-18-32(27)39-25-35(36(26-41(39)4)29-16-9-6-10-17-29)31-20-22-34-33-21-19-30(28-14-7-5-8-15-28)23-37(33)40(2,3)38(34)24-31;1-21-13-15-26-27-16-14-24(18-32(27)34-31(26)17-21)28-19-30(25-12-8-7-9-22(25)2)33(3)20-29(28)23-10-5-4-6-11-23/h9-10,13,18-22,25-28,30-31H,3-8,11-12,14-17,23-24H2,1-2H3;11-13,18-26,28-29H,5-10,14-17H2,1-4H3;7-9,12-20,23H,4-6,10-11H2,1-3H3/q3*+1/i30D,31D;2D3,28D,29D;23D. The second-order valence-electron chi connectivity index (χ2n) is 36.8. The molecule has 1 unspecified atom stereocenters. The Morgan fingerprint density at radius 2 is 0.644 bits per heavy atom. The predicted octanol–water partition coefficient (Wildman–Crippen LogP) is 30.5. The van der Waals surface area contributed by atoms with E-state index in [0.29, 0.717) is 0 Å². The van der Waals surface area contributed by atoms with E-state index < -0.39 is 41.7 Å². The van der Waals surface area contributed by atoms with E-state index in [9.17, 15) is 6.85 Å². The summed E-state index contributed by atoms with van der Waals surface area (Å²) in [6.07, 6.45) is 37.8. The van der Waals surface area contributed by atoms with Gasteiger partial charge in [-0.3, -0.25) is 0 Å². The molecule has 0 aliphatic heterocycles. The molecular formula is C114H126N3S+3. The Morgan fingerprint density at radius 1 is 0.314 bits per heavy atom. The first-order valence-corrected chi connectivity index (χ1v) is 46.3. The van der Waals surface area contributed by atoms with E-state index in [1.54, 1.807) is 0 Å². The Bertz CT molecular complexity index is 6370. The maximum Gasteiger partial charge on any atom is 0.213 e. The van der Waals surface area contributed by atoms with Crippen molar-refractivity contribution < 1.29 is 24.7 Å². The average Bonchev–Trinajstić information content (AvgIpc) is 1.54. The molecule has 9 aromatic carbocycles. The molecule has 6 saturated carbocycles. The molecule has 0 radical (unpaired) electrons. The van der Waals surface area contributed by atoms with Crippen LogP contribution in [-0.2, 0) is 32.0 Å². The van der Waals surface area contributed by atoms with Gasteiger partial charge in [0.2, 0.25) is 17.1 Å². The lowest BCUT2D eigenvalue weighted by Gasteiger charge is -2.29. The number of aromatic nitrogens is 3. The van der Waals surface area contributed by atoms with Gasteiger partial charge < -0.3 is 0 Å². The molecule has 8 aliphatic rings. The summed E-state index contributed by atoms with van der Waals surface area (Å²) in [4.78, 5) is 0. The van der Waals surface area contributed by atoms with Crippen molar-refractivity contribution in [3.63, 3.8) is 0 Å². The third kappa shape index (κ3) is 14.9. The first kappa shape index (κ1) is 69.4. The Morgan fingerprint density at radius 3 is 1.06 bits per heavy atom. The van der Waals surface area contributed by atoms with Gasteiger partial charge in [0.1, 0.15) is 21.1 Å². The molecule has 6 fully saturated rings. The second kappa shape index (κ2) is 33.3. The third-order valence-electron chi connectivity index (χ3n) is 29.1. The largest absolute Gasteiger partial charge is 0.213 e. The summed E-state index contributed by atoms with van der Waals surface area (Å²) < 4.78 is 83.9. The van der Waals surface area contributed by atoms with Gasteiger partial charge in [-0.05, 0) is 288 Å². The molecule has 1 spiro atoms. The van der Waals surface area contributed by atoms with Crippen LogP contribution >= 0.6 is 11.3 Å². The Labute approximate surface area is 721 Å². The van der Waals surface area contributed by atoms with Crippen molar-refractivity contribution >= 4 is 31.5 Å². The first-order chi connectivity index (χ1) is 60.6. The summed E-state index contributed by atoms with van der Waals surface area (Å²) in [6.45, 7) is 8.28. The molecule has 4 heterocycles. The van der Waals surface area contributed by atoms with E-state index in [1.807, 2.05) is 18.3 Å². The van der Waals surface area contributed by atoms with Gasteiger partial charge >= 0.3 is 0 Å². The maximum absolute atomic E-state index is 9.79. The second-order valence-corrected chi connectivity index (χ2v) is 37.9. The van der Waals surface area contributed by atoms with Crippen molar-refractivity contribution in [1.29, 1.82) is 0 Å². The Kier molecular flexibility index (Phi) is 19.6. The number of rotatable bonds is 11. The first-order valence-electron chi connectivity index (χ1n) is 49.4. The van der Waals surface area contributed by atoms with Crippen LogP contribution in [0.1, 0.15) is 313 Å². The van der Waals surface area contributed by atoms with Crippen molar-refractivity contribution in [2.75, 3.05) is 0 Å². The predicted molar refractivity (Wildman–Crippen MR) is 499 cm³/mol. The van der Waals surface area contributed by atoms with Gasteiger partial charge in [0.15, 0.2) is 18.6 Å². The highest BCUT2D eigenvalue weighted by molar-refractivity contribution is 7.25. The number of hydrogen-bond donors (Lipinski definition) is 0. The van der Waals surface area contributed by atoms with E-state index in [4.69, 9.17) is 4.11 Å². The van der Waals surface area contributed by atoms with Gasteiger partial charge in [-0.2, -0.15) is 0 Å². The number of hydrogen-bond acceptors (Lipinski definition) is 1. The van der Waals surface area contributed by atoms with Gasteiger partial charge in [0.25, 0.3) is 0 Å². The highest BCUT2D eigenvalue weighted by Gasteiger charge is 2.46. The Balaban J connectivity index is 0.000000125. The lowest BCUT2D eigenvalue weighted by molar-refractivity contribution is -0.660. The molecule has 0 N–H and O–H groups in total. The van der Waals surface area contributed by atoms with Crippen LogP contribution in [0.15, 0.2) is 219 Å². The van der Waals surface area contributed by atoms with E-state index in [2.05, 4.69) is 281 Å². The van der Waals surface area contributed by atoms with Crippen molar-refractivity contribution in [1.82, 2.24) is 0 Å². The summed E-state index contributed by atoms with van der Waals surface area (Å²) in [5.41, 5.74) is 32.9. The highest BCUT2D eigenvalue weighted by atomic mass is 32.1. The molecule has 4 aromatic heterocycles. The van der Waals surface area contributed by atoms with Gasteiger partial charge in [0, 0.05) is 93.5 Å². The Hall–Kier alpha value is -9.35. The normalized spacial score (nSPS) is 21.3. The summed E-state index contributed by atoms with van der Waals surface area (Å²) in [6, 6.07) is 73.4. The van der Waals surface area contributed by atoms with Crippen LogP contribution in [0.25, 0.3) is 110 Å². The molecule has 13 aromatic rings. The van der Waals surface area contributed by atoms with Crippen molar-refractivity contribution in [2.24, 2.45) is 21.1 Å². The molecular weight excluding hydrogens is 1440 g/mol. The van der Waals surface area contributed by atoms with E-state index in [0.717, 1.165) is 178 Å². The van der Waals surface area contributed by atoms with Crippen molar-refractivity contribution in [3.8, 4) is 89.4 Å². The minimum absolute atomic E-state index is 0.0453. The molecule has 0 saturated heterocycles. The average molecular weight is 1580 g/mol. The molecule has 0 amide bonds. The van der Waals surface area contributed by atoms with Crippen LogP contribution in [0.4, 0.5) is 0 Å².